The molecule has 0 spiro atoms. The smallest absolute Gasteiger partial charge is 0.368 e. The minimum Gasteiger partial charge on any atom is -0.489 e. The highest BCUT2D eigenvalue weighted by Gasteiger charge is 2.58. The summed E-state index contributed by atoms with van der Waals surface area (Å²) in [6.07, 6.45) is 2.06. The van der Waals surface area contributed by atoms with Gasteiger partial charge < -0.3 is 4.74 Å². The minimum atomic E-state index is -2.73. The molecule has 2 aliphatic carbocycles. The zero-order chi connectivity index (χ0) is 20.2. The van der Waals surface area contributed by atoms with E-state index in [2.05, 4.69) is 10.4 Å². The molecule has 0 amide bonds. The lowest BCUT2D eigenvalue weighted by molar-refractivity contribution is 0.112. The number of benzene rings is 2. The molecule has 29 heavy (non-hydrogen) atoms. The van der Waals surface area contributed by atoms with E-state index in [1.807, 2.05) is 24.3 Å². The Bertz CT molecular complexity index is 1130. The van der Waals surface area contributed by atoms with Crippen LogP contribution in [-0.2, 0) is 13.7 Å². The molecule has 5 rings (SSSR count). The summed E-state index contributed by atoms with van der Waals surface area (Å²) in [7, 11) is 1.49. The number of ether oxygens (including phenoxy) is 1. The first-order valence-corrected chi connectivity index (χ1v) is 9.66. The van der Waals surface area contributed by atoms with E-state index in [4.69, 9.17) is 4.74 Å². The summed E-state index contributed by atoms with van der Waals surface area (Å²) in [4.78, 5) is 12.4. The van der Waals surface area contributed by atoms with E-state index in [0.717, 1.165) is 33.5 Å². The summed E-state index contributed by atoms with van der Waals surface area (Å²) in [6, 6.07) is 12.9. The molecule has 1 atom stereocenters. The van der Waals surface area contributed by atoms with Crippen molar-refractivity contribution in [2.75, 3.05) is 0 Å². The SMILES string of the molecule is Cn1nnn(-c2cccc(C3CC3(F)F)c2COc2ccccc2C2CC2)c1=O. The Kier molecular flexibility index (Phi) is 4.04. The van der Waals surface area contributed by atoms with Gasteiger partial charge in [0.25, 0.3) is 5.92 Å². The van der Waals surface area contributed by atoms with Crippen LogP contribution in [0.15, 0.2) is 47.3 Å². The third-order valence-corrected chi connectivity index (χ3v) is 5.65. The van der Waals surface area contributed by atoms with Crippen molar-refractivity contribution in [3.05, 3.63) is 69.6 Å². The molecule has 6 nitrogen and oxygen atoms in total. The summed E-state index contributed by atoms with van der Waals surface area (Å²) < 4.78 is 36.1. The van der Waals surface area contributed by atoms with Crippen LogP contribution < -0.4 is 10.4 Å². The molecular formula is C21H20F2N4O2. The predicted molar refractivity (Wildman–Crippen MR) is 102 cm³/mol. The van der Waals surface area contributed by atoms with Crippen LogP contribution in [0.25, 0.3) is 5.69 Å². The van der Waals surface area contributed by atoms with Crippen LogP contribution in [-0.4, -0.2) is 25.7 Å². The Morgan fingerprint density at radius 3 is 2.48 bits per heavy atom. The van der Waals surface area contributed by atoms with Gasteiger partial charge in [0.1, 0.15) is 12.4 Å². The van der Waals surface area contributed by atoms with Crippen molar-refractivity contribution in [1.82, 2.24) is 19.8 Å². The number of aromatic nitrogens is 4. The van der Waals surface area contributed by atoms with Gasteiger partial charge >= 0.3 is 5.69 Å². The van der Waals surface area contributed by atoms with Gasteiger partial charge in [0, 0.05) is 19.0 Å². The van der Waals surface area contributed by atoms with Crippen LogP contribution in [0.3, 0.4) is 0 Å². The second-order valence-corrected chi connectivity index (χ2v) is 7.76. The molecule has 2 fully saturated rings. The molecule has 1 aromatic heterocycles. The molecule has 1 unspecified atom stereocenters. The van der Waals surface area contributed by atoms with Crippen LogP contribution in [0.2, 0.25) is 0 Å². The maximum absolute atomic E-state index is 13.9. The topological polar surface area (TPSA) is 61.9 Å². The Balaban J connectivity index is 1.55. The average molecular weight is 398 g/mol. The van der Waals surface area contributed by atoms with Gasteiger partial charge in [-0.1, -0.05) is 30.3 Å². The number of tetrazole rings is 1. The average Bonchev–Trinajstić information content (AvgIpc) is 3.62. The molecule has 2 saturated carbocycles. The molecule has 0 radical (unpaired) electrons. The van der Waals surface area contributed by atoms with Crippen LogP contribution >= 0.6 is 0 Å². The number of para-hydroxylation sites is 1. The van der Waals surface area contributed by atoms with E-state index in [-0.39, 0.29) is 13.0 Å². The number of rotatable bonds is 6. The lowest BCUT2D eigenvalue weighted by Gasteiger charge is -2.16. The zero-order valence-electron chi connectivity index (χ0n) is 15.9. The fourth-order valence-electron chi connectivity index (χ4n) is 3.78. The standard InChI is InChI=1S/C21H20F2N4O2/c1-26-20(28)27(25-24-26)18-7-4-6-15(17-11-21(17,22)23)16(18)12-29-19-8-3-2-5-14(19)13-9-10-13/h2-8,13,17H,9-12H2,1H3. The molecule has 0 bridgehead atoms. The van der Waals surface area contributed by atoms with Gasteiger partial charge in [-0.15, -0.1) is 0 Å². The number of hydrogen-bond donors (Lipinski definition) is 0. The van der Waals surface area contributed by atoms with Gasteiger partial charge in [0.2, 0.25) is 0 Å². The van der Waals surface area contributed by atoms with Crippen LogP contribution in [0.4, 0.5) is 8.78 Å². The number of aryl methyl sites for hydroxylation is 1. The first-order valence-electron chi connectivity index (χ1n) is 9.66. The lowest BCUT2D eigenvalue weighted by atomic mass is 10.0. The molecule has 0 saturated heterocycles. The minimum absolute atomic E-state index is 0.0742. The van der Waals surface area contributed by atoms with Crippen molar-refractivity contribution in [2.24, 2.45) is 7.05 Å². The van der Waals surface area contributed by atoms with Crippen LogP contribution in [0.5, 0.6) is 5.75 Å². The maximum atomic E-state index is 13.9. The third kappa shape index (κ3) is 3.22. The van der Waals surface area contributed by atoms with Crippen molar-refractivity contribution in [2.45, 2.75) is 43.6 Å². The van der Waals surface area contributed by atoms with Crippen molar-refractivity contribution in [3.63, 3.8) is 0 Å². The summed E-state index contributed by atoms with van der Waals surface area (Å²) in [6.45, 7) is 0.0742. The Morgan fingerprint density at radius 2 is 1.83 bits per heavy atom. The maximum Gasteiger partial charge on any atom is 0.368 e. The highest BCUT2D eigenvalue weighted by Crippen LogP contribution is 2.57. The predicted octanol–water partition coefficient (Wildman–Crippen LogP) is 3.55. The third-order valence-electron chi connectivity index (χ3n) is 5.65. The zero-order valence-corrected chi connectivity index (χ0v) is 15.9. The van der Waals surface area contributed by atoms with Crippen molar-refractivity contribution in [1.29, 1.82) is 0 Å². The highest BCUT2D eigenvalue weighted by atomic mass is 19.3. The van der Waals surface area contributed by atoms with Crippen molar-refractivity contribution >= 4 is 0 Å². The summed E-state index contributed by atoms with van der Waals surface area (Å²) >= 11 is 0. The van der Waals surface area contributed by atoms with E-state index >= 15 is 0 Å². The monoisotopic (exact) mass is 398 g/mol. The molecule has 1 heterocycles. The van der Waals surface area contributed by atoms with Gasteiger partial charge in [-0.2, -0.15) is 9.36 Å². The first-order chi connectivity index (χ1) is 14.0. The molecule has 2 aliphatic rings. The van der Waals surface area contributed by atoms with Gasteiger partial charge in [-0.3, -0.25) is 0 Å². The van der Waals surface area contributed by atoms with E-state index < -0.39 is 17.5 Å². The molecule has 8 heteroatoms. The first kappa shape index (κ1) is 18.0. The lowest BCUT2D eigenvalue weighted by Crippen LogP contribution is -2.23. The molecule has 3 aromatic rings. The highest BCUT2D eigenvalue weighted by molar-refractivity contribution is 5.49. The van der Waals surface area contributed by atoms with Crippen molar-refractivity contribution < 1.29 is 13.5 Å². The van der Waals surface area contributed by atoms with E-state index in [9.17, 15) is 13.6 Å². The Labute approximate surface area is 165 Å². The molecule has 150 valence electrons. The fourth-order valence-corrected chi connectivity index (χ4v) is 3.78. The molecular weight excluding hydrogens is 378 g/mol. The Hall–Kier alpha value is -3.03. The number of nitrogens with zero attached hydrogens (tertiary/aromatic N) is 4. The van der Waals surface area contributed by atoms with Gasteiger partial charge in [-0.05, 0) is 52.4 Å². The van der Waals surface area contributed by atoms with E-state index in [0.29, 0.717) is 22.7 Å². The van der Waals surface area contributed by atoms with Crippen LogP contribution in [0, 0.1) is 0 Å². The van der Waals surface area contributed by atoms with Gasteiger partial charge in [-0.25, -0.2) is 13.6 Å². The number of hydrogen-bond acceptors (Lipinski definition) is 4. The van der Waals surface area contributed by atoms with Crippen molar-refractivity contribution in [3.8, 4) is 11.4 Å². The summed E-state index contributed by atoms with van der Waals surface area (Å²) in [5, 5.41) is 7.63. The Morgan fingerprint density at radius 1 is 1.10 bits per heavy atom. The second-order valence-electron chi connectivity index (χ2n) is 7.76. The van der Waals surface area contributed by atoms with Gasteiger partial charge in [0.15, 0.2) is 0 Å². The summed E-state index contributed by atoms with van der Waals surface area (Å²) in [5.74, 6) is -2.35. The number of alkyl halides is 2. The van der Waals surface area contributed by atoms with E-state index in [1.165, 1.54) is 7.05 Å². The molecule has 2 aromatic carbocycles. The quantitative estimate of drug-likeness (QED) is 0.637. The molecule has 0 N–H and O–H groups in total. The summed E-state index contributed by atoms with van der Waals surface area (Å²) in [5.41, 5.74) is 2.16. The van der Waals surface area contributed by atoms with E-state index in [1.54, 1.807) is 18.2 Å². The van der Waals surface area contributed by atoms with Crippen LogP contribution in [0.1, 0.15) is 47.8 Å². The fraction of sp³-hybridized carbons (Fsp3) is 0.381. The number of halogens is 2. The normalized spacial score (nSPS) is 19.9. The largest absolute Gasteiger partial charge is 0.489 e. The van der Waals surface area contributed by atoms with Gasteiger partial charge in [0.05, 0.1) is 11.6 Å². The second kappa shape index (κ2) is 6.50. The molecule has 0 aliphatic heterocycles.